The van der Waals surface area contributed by atoms with Gasteiger partial charge in [0.15, 0.2) is 5.78 Å². The third-order valence-corrected chi connectivity index (χ3v) is 5.85. The number of carbonyl (C=O) groups is 1. The van der Waals surface area contributed by atoms with Gasteiger partial charge in [0.25, 0.3) is 0 Å². The van der Waals surface area contributed by atoms with E-state index in [1.807, 2.05) is 59.7 Å². The summed E-state index contributed by atoms with van der Waals surface area (Å²) in [6.45, 7) is 17.7. The number of allylic oxidation sites excluding steroid dienone is 2. The third-order valence-electron chi connectivity index (χ3n) is 5.85. The van der Waals surface area contributed by atoms with Crippen LogP contribution in [0.4, 0.5) is 0 Å². The van der Waals surface area contributed by atoms with Crippen molar-refractivity contribution in [3.8, 4) is 11.3 Å². The van der Waals surface area contributed by atoms with E-state index in [1.165, 1.54) is 11.6 Å². The SMILES string of the molecule is CC(C)(C)C(=O)/C=C(\O)C(C)(C)C.CCC(CC)c1cc(C)[c-]c(-c2ccc3ccoc3n2)c1.[Ir]. The molecule has 0 saturated carbocycles. The Bertz CT molecular complexity index is 1140. The minimum absolute atomic E-state index is 0. The second-order valence-electron chi connectivity index (χ2n) is 10.9. The molecule has 0 unspecified atom stereocenters. The van der Waals surface area contributed by atoms with Gasteiger partial charge >= 0.3 is 0 Å². The van der Waals surface area contributed by atoms with Crippen molar-refractivity contribution in [3.05, 3.63) is 65.6 Å². The van der Waals surface area contributed by atoms with Gasteiger partial charge in [-0.05, 0) is 17.7 Å². The molecule has 0 aliphatic heterocycles. The van der Waals surface area contributed by atoms with Gasteiger partial charge in [-0.1, -0.05) is 87.3 Å². The Kier molecular flexibility index (Phi) is 11.1. The molecule has 0 spiro atoms. The zero-order chi connectivity index (χ0) is 25.7. The van der Waals surface area contributed by atoms with Crippen LogP contribution in [0.3, 0.4) is 0 Å². The number of nitrogens with zero attached hydrogens (tertiary/aromatic N) is 1. The number of pyridine rings is 1. The number of aliphatic hydroxyl groups excluding tert-OH is 1. The second kappa shape index (κ2) is 12.6. The Morgan fingerprint density at radius 3 is 2.23 bits per heavy atom. The molecule has 0 bridgehead atoms. The molecule has 193 valence electrons. The van der Waals surface area contributed by atoms with Crippen LogP contribution in [0.2, 0.25) is 0 Å². The summed E-state index contributed by atoms with van der Waals surface area (Å²) >= 11 is 0. The predicted molar refractivity (Wildman–Crippen MR) is 141 cm³/mol. The number of benzene rings is 1. The van der Waals surface area contributed by atoms with E-state index in [9.17, 15) is 9.90 Å². The fourth-order valence-electron chi connectivity index (χ4n) is 3.43. The molecule has 0 aliphatic rings. The number of rotatable bonds is 5. The van der Waals surface area contributed by atoms with Gasteiger partial charge in [-0.25, -0.2) is 0 Å². The number of furan rings is 1. The first-order valence-corrected chi connectivity index (χ1v) is 12.1. The number of hydrogen-bond acceptors (Lipinski definition) is 4. The smallest absolute Gasteiger partial charge is 0.216 e. The first kappa shape index (κ1) is 30.8. The molecule has 0 amide bonds. The van der Waals surface area contributed by atoms with Gasteiger partial charge < -0.3 is 9.52 Å². The molecule has 1 aromatic carbocycles. The molecule has 5 heteroatoms. The molecule has 3 rings (SSSR count). The fraction of sp³-hybridized carbons (Fsp3) is 0.467. The molecular weight excluding hydrogens is 615 g/mol. The molecule has 1 radical (unpaired) electrons. The van der Waals surface area contributed by atoms with Crippen molar-refractivity contribution in [1.82, 2.24) is 4.98 Å². The summed E-state index contributed by atoms with van der Waals surface area (Å²) in [4.78, 5) is 16.1. The molecule has 1 N–H and O–H groups in total. The predicted octanol–water partition coefficient (Wildman–Crippen LogP) is 8.59. The third kappa shape index (κ3) is 8.74. The number of aryl methyl sites for hydroxylation is 1. The van der Waals surface area contributed by atoms with Gasteiger partial charge in [0.2, 0.25) is 5.71 Å². The first-order valence-electron chi connectivity index (χ1n) is 12.1. The summed E-state index contributed by atoms with van der Waals surface area (Å²) in [6, 6.07) is 13.9. The molecule has 0 saturated heterocycles. The number of ketones is 1. The Labute approximate surface area is 224 Å². The molecule has 4 nitrogen and oxygen atoms in total. The van der Waals surface area contributed by atoms with Crippen LogP contribution < -0.4 is 0 Å². The van der Waals surface area contributed by atoms with Crippen LogP contribution in [0.1, 0.15) is 85.3 Å². The van der Waals surface area contributed by atoms with Gasteiger partial charge in [0.05, 0.1) is 6.26 Å². The molecule has 2 aromatic heterocycles. The molecular formula is C30H40IrNO3-. The van der Waals surface area contributed by atoms with E-state index in [0.29, 0.717) is 11.6 Å². The quantitative estimate of drug-likeness (QED) is 0.170. The largest absolute Gasteiger partial charge is 0.512 e. The molecule has 0 fully saturated rings. The van der Waals surface area contributed by atoms with Crippen LogP contribution in [0.25, 0.3) is 22.4 Å². The Hall–Kier alpha value is -2.23. The van der Waals surface area contributed by atoms with Gasteiger partial charge in [0.1, 0.15) is 5.76 Å². The summed E-state index contributed by atoms with van der Waals surface area (Å²) < 4.78 is 5.41. The molecule has 0 aliphatic carbocycles. The van der Waals surface area contributed by atoms with Crippen molar-refractivity contribution in [2.24, 2.45) is 10.8 Å². The summed E-state index contributed by atoms with van der Waals surface area (Å²) in [7, 11) is 0. The average Bonchev–Trinajstić information content (AvgIpc) is 3.21. The van der Waals surface area contributed by atoms with Gasteiger partial charge in [-0.3, -0.25) is 9.78 Å². The van der Waals surface area contributed by atoms with E-state index in [2.05, 4.69) is 44.0 Å². The fourth-order valence-corrected chi connectivity index (χ4v) is 3.43. The van der Waals surface area contributed by atoms with Crippen molar-refractivity contribution in [1.29, 1.82) is 0 Å². The second-order valence-corrected chi connectivity index (χ2v) is 10.9. The van der Waals surface area contributed by atoms with Crippen LogP contribution in [0.5, 0.6) is 0 Å². The summed E-state index contributed by atoms with van der Waals surface area (Å²) in [5, 5.41) is 10.6. The summed E-state index contributed by atoms with van der Waals surface area (Å²) in [5.41, 5.74) is 4.44. The Morgan fingerprint density at radius 1 is 1.06 bits per heavy atom. The van der Waals surface area contributed by atoms with Crippen LogP contribution >= 0.6 is 0 Å². The van der Waals surface area contributed by atoms with Crippen LogP contribution in [-0.2, 0) is 24.9 Å². The summed E-state index contributed by atoms with van der Waals surface area (Å²) in [6.07, 6.45) is 5.32. The monoisotopic (exact) mass is 655 g/mol. The Morgan fingerprint density at radius 2 is 1.69 bits per heavy atom. The maximum atomic E-state index is 11.5. The maximum Gasteiger partial charge on any atom is 0.216 e. The average molecular weight is 655 g/mol. The van der Waals surface area contributed by atoms with Gasteiger partial charge in [-0.15, -0.1) is 34.9 Å². The van der Waals surface area contributed by atoms with Crippen LogP contribution in [0.15, 0.2) is 52.8 Å². The van der Waals surface area contributed by atoms with Crippen molar-refractivity contribution in [3.63, 3.8) is 0 Å². The van der Waals surface area contributed by atoms with E-state index in [-0.39, 0.29) is 37.1 Å². The standard InChI is InChI=1S/C19H20NO.C11H20O2.Ir/c1-4-14(5-2)16-10-13(3)11-17(12-16)18-7-6-15-8-9-21-19(15)20-18;1-10(2,3)8(12)7-9(13)11(4,5)6;/h6-10,12,14H,4-5H2,1-3H3;7,12H,1-6H3;/q-1;;/b;8-7-;. The first-order chi connectivity index (χ1) is 15.8. The minimum Gasteiger partial charge on any atom is -0.512 e. The number of fused-ring (bicyclic) bond motifs is 1. The Balaban J connectivity index is 0.000000383. The molecule has 2 heterocycles. The van der Waals surface area contributed by atoms with E-state index < -0.39 is 5.41 Å². The van der Waals surface area contributed by atoms with Gasteiger partial charge in [-0.2, -0.15) is 0 Å². The number of aromatic nitrogens is 1. The zero-order valence-corrected chi connectivity index (χ0v) is 25.0. The summed E-state index contributed by atoms with van der Waals surface area (Å²) in [5.74, 6) is 0.705. The topological polar surface area (TPSA) is 63.3 Å². The minimum atomic E-state index is -0.417. The van der Waals surface area contributed by atoms with Gasteiger partial charge in [0, 0.05) is 42.4 Å². The molecule has 3 aromatic rings. The maximum absolute atomic E-state index is 11.5. The van der Waals surface area contributed by atoms with E-state index in [4.69, 9.17) is 4.42 Å². The van der Waals surface area contributed by atoms with Crippen LogP contribution in [-0.4, -0.2) is 15.9 Å². The van der Waals surface area contributed by atoms with E-state index in [1.54, 1.807) is 6.26 Å². The van der Waals surface area contributed by atoms with Crippen molar-refractivity contribution in [2.75, 3.05) is 0 Å². The number of aliphatic hydroxyl groups is 1. The van der Waals surface area contributed by atoms with Crippen LogP contribution in [0, 0.1) is 23.8 Å². The number of hydrogen-bond donors (Lipinski definition) is 1. The normalized spacial score (nSPS) is 12.2. The number of carbonyl (C=O) groups excluding carboxylic acids is 1. The molecule has 35 heavy (non-hydrogen) atoms. The van der Waals surface area contributed by atoms with E-state index in [0.717, 1.165) is 35.0 Å². The molecule has 0 atom stereocenters. The van der Waals surface area contributed by atoms with E-state index >= 15 is 0 Å². The van der Waals surface area contributed by atoms with Crippen molar-refractivity contribution in [2.45, 2.75) is 81.1 Å². The van der Waals surface area contributed by atoms with Crippen molar-refractivity contribution >= 4 is 16.9 Å². The van der Waals surface area contributed by atoms with Crippen molar-refractivity contribution < 1.29 is 34.4 Å². The zero-order valence-electron chi connectivity index (χ0n) is 22.6.